The maximum Gasteiger partial charge on any atom is 0.272 e. The summed E-state index contributed by atoms with van der Waals surface area (Å²) in [5, 5.41) is 0. The summed E-state index contributed by atoms with van der Waals surface area (Å²) in [6.07, 6.45) is 4.82. The number of carbonyl (C=O) groups excluding carboxylic acids is 2. The summed E-state index contributed by atoms with van der Waals surface area (Å²) in [6.45, 7) is 3.69. The summed E-state index contributed by atoms with van der Waals surface area (Å²) < 4.78 is 12.0. The molecule has 1 spiro atoms. The van der Waals surface area contributed by atoms with E-state index in [0.29, 0.717) is 23.5 Å². The molecule has 7 rings (SSSR count). The van der Waals surface area contributed by atoms with E-state index in [-0.39, 0.29) is 23.8 Å². The molecular weight excluding hydrogens is 414 g/mol. The fraction of sp³-hybridized carbons (Fsp3) is 0.500. The van der Waals surface area contributed by atoms with Crippen LogP contribution in [-0.4, -0.2) is 40.9 Å². The highest BCUT2D eigenvalue weighted by Crippen LogP contribution is 2.68. The Morgan fingerprint density at radius 3 is 2.18 bits per heavy atom. The van der Waals surface area contributed by atoms with Crippen molar-refractivity contribution in [3.05, 3.63) is 59.7 Å². The average Bonchev–Trinajstić information content (AvgIpc) is 3.45. The Morgan fingerprint density at radius 1 is 0.939 bits per heavy atom. The quantitative estimate of drug-likeness (QED) is 0.466. The number of carbonyl (C=O) groups is 2. The molecule has 4 aliphatic carbocycles. The van der Waals surface area contributed by atoms with Gasteiger partial charge in [0, 0.05) is 0 Å². The van der Waals surface area contributed by atoms with Gasteiger partial charge in [-0.15, -0.1) is 0 Å². The highest BCUT2D eigenvalue weighted by molar-refractivity contribution is 6.06. The summed E-state index contributed by atoms with van der Waals surface area (Å²) in [4.78, 5) is 29.3. The lowest BCUT2D eigenvalue weighted by atomic mass is 9.56. The van der Waals surface area contributed by atoms with Crippen LogP contribution in [0, 0.1) is 31.6 Å². The van der Waals surface area contributed by atoms with Gasteiger partial charge in [-0.25, -0.2) is 0 Å². The third kappa shape index (κ3) is 3.35. The lowest BCUT2D eigenvalue weighted by Crippen LogP contribution is -2.46. The molecule has 5 heteroatoms. The van der Waals surface area contributed by atoms with Gasteiger partial charge in [0.05, 0.1) is 11.6 Å². The topological polar surface area (TPSA) is 55.6 Å². The van der Waals surface area contributed by atoms with Crippen LogP contribution in [0.2, 0.25) is 0 Å². The number of amides is 1. The molecule has 33 heavy (non-hydrogen) atoms. The fourth-order valence-corrected chi connectivity index (χ4v) is 7.27. The first-order valence-corrected chi connectivity index (χ1v) is 12.2. The summed E-state index contributed by atoms with van der Waals surface area (Å²) in [7, 11) is 0. The Morgan fingerprint density at radius 2 is 1.55 bits per heavy atom. The number of rotatable bonds is 7. The summed E-state index contributed by atoms with van der Waals surface area (Å²) >= 11 is 0. The Hall–Kier alpha value is -2.82. The number of ketones is 1. The van der Waals surface area contributed by atoms with Gasteiger partial charge in [-0.2, -0.15) is 0 Å². The number of benzene rings is 2. The minimum Gasteiger partial charge on any atom is -0.485 e. The smallest absolute Gasteiger partial charge is 0.272 e. The third-order valence-corrected chi connectivity index (χ3v) is 8.47. The Labute approximate surface area is 195 Å². The summed E-state index contributed by atoms with van der Waals surface area (Å²) in [5.74, 6) is 2.81. The number of para-hydroxylation sites is 2. The molecule has 0 radical (unpaired) electrons. The minimum atomic E-state index is -1.17. The Balaban J connectivity index is 1.25. The Kier molecular flexibility index (Phi) is 4.79. The molecule has 2 aromatic carbocycles. The highest BCUT2D eigenvalue weighted by Gasteiger charge is 2.75. The fourth-order valence-electron chi connectivity index (χ4n) is 7.27. The van der Waals surface area contributed by atoms with Gasteiger partial charge in [-0.1, -0.05) is 36.4 Å². The SMILES string of the molecule is Cc1ccccc1OCC(=O)C(Oc1ccccc1C)C(=O)N1C2C3CC4CC(C3)CC21C4. The van der Waals surface area contributed by atoms with Gasteiger partial charge in [0.25, 0.3) is 5.91 Å². The van der Waals surface area contributed by atoms with Crippen LogP contribution in [0.4, 0.5) is 0 Å². The number of aryl methyl sites for hydroxylation is 2. The van der Waals surface area contributed by atoms with Gasteiger partial charge in [0.15, 0.2) is 6.61 Å². The molecule has 172 valence electrons. The van der Waals surface area contributed by atoms with Gasteiger partial charge in [-0.3, -0.25) is 9.59 Å². The largest absolute Gasteiger partial charge is 0.485 e. The zero-order valence-electron chi connectivity index (χ0n) is 19.3. The van der Waals surface area contributed by atoms with Crippen LogP contribution in [0.3, 0.4) is 0 Å². The minimum absolute atomic E-state index is 0.0175. The van der Waals surface area contributed by atoms with Crippen molar-refractivity contribution in [3.63, 3.8) is 0 Å². The van der Waals surface area contributed by atoms with E-state index in [1.54, 1.807) is 0 Å². The number of likely N-dealkylation sites (tertiary alicyclic amines) is 1. The van der Waals surface area contributed by atoms with E-state index in [1.165, 1.54) is 19.3 Å². The molecule has 1 amide bonds. The second-order valence-corrected chi connectivity index (χ2v) is 10.6. The van der Waals surface area contributed by atoms with Crippen LogP contribution in [-0.2, 0) is 9.59 Å². The number of hydrogen-bond acceptors (Lipinski definition) is 4. The van der Waals surface area contributed by atoms with Gasteiger partial charge in [0.2, 0.25) is 11.9 Å². The van der Waals surface area contributed by atoms with E-state index < -0.39 is 6.10 Å². The van der Waals surface area contributed by atoms with Crippen molar-refractivity contribution in [2.75, 3.05) is 6.61 Å². The van der Waals surface area contributed by atoms with E-state index in [1.807, 2.05) is 67.3 Å². The van der Waals surface area contributed by atoms with Gasteiger partial charge < -0.3 is 14.4 Å². The molecular formula is C28H31NO4. The van der Waals surface area contributed by atoms with Crippen LogP contribution in [0.25, 0.3) is 0 Å². The zero-order valence-corrected chi connectivity index (χ0v) is 19.3. The number of nitrogens with zero attached hydrogens (tertiary/aromatic N) is 1. The number of hydrogen-bond donors (Lipinski definition) is 0. The molecule has 2 aromatic rings. The maximum atomic E-state index is 13.9. The van der Waals surface area contributed by atoms with Crippen molar-refractivity contribution in [2.45, 2.75) is 63.6 Å². The van der Waals surface area contributed by atoms with Crippen LogP contribution >= 0.6 is 0 Å². The lowest BCUT2D eigenvalue weighted by molar-refractivity contribution is -0.143. The summed E-state index contributed by atoms with van der Waals surface area (Å²) in [6, 6.07) is 15.4. The van der Waals surface area contributed by atoms with Gasteiger partial charge in [-0.05, 0) is 87.0 Å². The van der Waals surface area contributed by atoms with E-state index in [9.17, 15) is 9.59 Å². The standard InChI is InChI=1S/C28H31NO4/c1-17-7-3-5-9-23(17)32-16-22(30)25(33-24-10-6-4-8-18(24)2)27(31)29-26-21-12-19-11-20(13-21)15-28(26,29)14-19/h3-10,19-21,25-26H,11-16H2,1-2H3. The van der Waals surface area contributed by atoms with Crippen molar-refractivity contribution in [3.8, 4) is 11.5 Å². The second-order valence-electron chi connectivity index (χ2n) is 10.6. The van der Waals surface area contributed by atoms with Crippen LogP contribution in [0.1, 0.15) is 43.2 Å². The molecule has 4 atom stereocenters. The maximum absolute atomic E-state index is 13.9. The molecule has 4 saturated carbocycles. The van der Waals surface area contributed by atoms with Crippen LogP contribution in [0.15, 0.2) is 48.5 Å². The van der Waals surface area contributed by atoms with Gasteiger partial charge in [0.1, 0.15) is 11.5 Å². The molecule has 1 saturated heterocycles. The molecule has 5 fully saturated rings. The average molecular weight is 446 g/mol. The summed E-state index contributed by atoms with van der Waals surface area (Å²) in [5.41, 5.74) is 1.84. The van der Waals surface area contributed by atoms with Gasteiger partial charge >= 0.3 is 0 Å². The number of ether oxygens (including phenoxy) is 2. The molecule has 1 aliphatic heterocycles. The molecule has 1 heterocycles. The van der Waals surface area contributed by atoms with E-state index >= 15 is 0 Å². The van der Waals surface area contributed by atoms with E-state index in [4.69, 9.17) is 9.47 Å². The van der Waals surface area contributed by atoms with Crippen molar-refractivity contribution in [2.24, 2.45) is 17.8 Å². The van der Waals surface area contributed by atoms with E-state index in [0.717, 1.165) is 35.8 Å². The normalized spacial score (nSPS) is 31.6. The molecule has 4 bridgehead atoms. The molecule has 0 N–H and O–H groups in total. The first-order valence-electron chi connectivity index (χ1n) is 12.2. The van der Waals surface area contributed by atoms with Crippen molar-refractivity contribution >= 4 is 11.7 Å². The Bertz CT molecular complexity index is 1100. The predicted octanol–water partition coefficient (Wildman–Crippen LogP) is 4.49. The van der Waals surface area contributed by atoms with Crippen molar-refractivity contribution in [1.82, 2.24) is 4.90 Å². The first-order chi connectivity index (χ1) is 16.0. The predicted molar refractivity (Wildman–Crippen MR) is 124 cm³/mol. The molecule has 5 aliphatic rings. The third-order valence-electron chi connectivity index (χ3n) is 8.47. The van der Waals surface area contributed by atoms with Crippen molar-refractivity contribution < 1.29 is 19.1 Å². The van der Waals surface area contributed by atoms with Crippen LogP contribution < -0.4 is 9.47 Å². The number of Topliss-reactive ketones (excluding diaryl/α,β-unsaturated/α-hetero) is 1. The first kappa shape index (κ1) is 20.8. The van der Waals surface area contributed by atoms with E-state index in [2.05, 4.69) is 0 Å². The molecule has 0 aromatic heterocycles. The molecule has 5 nitrogen and oxygen atoms in total. The lowest BCUT2D eigenvalue weighted by Gasteiger charge is -2.47. The monoisotopic (exact) mass is 445 g/mol. The van der Waals surface area contributed by atoms with Crippen molar-refractivity contribution in [1.29, 1.82) is 0 Å². The molecule has 4 unspecified atom stereocenters. The van der Waals surface area contributed by atoms with Crippen LogP contribution in [0.5, 0.6) is 11.5 Å². The second kappa shape index (κ2) is 7.61. The zero-order chi connectivity index (χ0) is 22.7. The highest BCUT2D eigenvalue weighted by atomic mass is 16.5.